The van der Waals surface area contributed by atoms with Crippen molar-refractivity contribution in [3.8, 4) is 0 Å². The average Bonchev–Trinajstić information content (AvgIpc) is 2.83. The molecule has 0 bridgehead atoms. The minimum atomic E-state index is -4.37. The number of hydrogen-bond donors (Lipinski definition) is 3. The summed E-state index contributed by atoms with van der Waals surface area (Å²) in [6.45, 7) is 1.45. The van der Waals surface area contributed by atoms with Gasteiger partial charge in [0.25, 0.3) is 0 Å². The number of nitrogens with two attached hydrogens (primary N) is 2. The van der Waals surface area contributed by atoms with Gasteiger partial charge in [-0.1, -0.05) is 0 Å². The van der Waals surface area contributed by atoms with E-state index in [4.69, 9.17) is 10.9 Å². The quantitative estimate of drug-likeness (QED) is 0.520. The van der Waals surface area contributed by atoms with E-state index in [-0.39, 0.29) is 12.3 Å². The molecular formula is C10H13N3O7S3. The third kappa shape index (κ3) is 3.10. The van der Waals surface area contributed by atoms with Gasteiger partial charge in [0, 0.05) is 0 Å². The number of carbonyl (C=O) groups is 2. The zero-order valence-corrected chi connectivity index (χ0v) is 14.1. The van der Waals surface area contributed by atoms with Gasteiger partial charge >= 0.3 is 5.97 Å². The molecule has 0 radical (unpaired) electrons. The molecule has 0 fully saturated rings. The van der Waals surface area contributed by atoms with Gasteiger partial charge in [0.15, 0.2) is 5.25 Å². The van der Waals surface area contributed by atoms with E-state index in [0.29, 0.717) is 11.3 Å². The van der Waals surface area contributed by atoms with Crippen LogP contribution in [-0.4, -0.2) is 46.6 Å². The van der Waals surface area contributed by atoms with Gasteiger partial charge in [-0.15, -0.1) is 11.3 Å². The van der Waals surface area contributed by atoms with Crippen LogP contribution in [0.15, 0.2) is 14.5 Å². The van der Waals surface area contributed by atoms with E-state index in [2.05, 4.69) is 10.1 Å². The molecule has 10 nitrogen and oxygen atoms in total. The van der Waals surface area contributed by atoms with Gasteiger partial charge in [-0.3, -0.25) is 9.59 Å². The molecule has 1 amide bonds. The summed E-state index contributed by atoms with van der Waals surface area (Å²) in [7, 11) is -8.52. The lowest BCUT2D eigenvalue weighted by Crippen LogP contribution is -2.54. The third-order valence-corrected chi connectivity index (χ3v) is 8.16. The average molecular weight is 383 g/mol. The van der Waals surface area contributed by atoms with E-state index in [1.807, 2.05) is 0 Å². The molecule has 0 spiro atoms. The Hall–Kier alpha value is -1.54. The zero-order chi connectivity index (χ0) is 17.6. The molecule has 1 aromatic heterocycles. The van der Waals surface area contributed by atoms with E-state index < -0.39 is 51.4 Å². The van der Waals surface area contributed by atoms with Gasteiger partial charge in [0.2, 0.25) is 25.8 Å². The van der Waals surface area contributed by atoms with Crippen molar-refractivity contribution in [2.24, 2.45) is 10.9 Å². The minimum Gasteiger partial charge on any atom is -0.465 e. The number of sulfonamides is 1. The molecule has 13 heteroatoms. The Bertz CT molecular complexity index is 872. The van der Waals surface area contributed by atoms with Crippen LogP contribution in [0.1, 0.15) is 6.92 Å². The maximum atomic E-state index is 12.5. The molecule has 1 aliphatic heterocycles. The Labute approximate surface area is 135 Å². The number of carbonyl (C=O) groups excluding carboxylic acids is 2. The Morgan fingerprint density at radius 1 is 1.52 bits per heavy atom. The molecule has 0 aromatic carbocycles. The monoisotopic (exact) mass is 383 g/mol. The van der Waals surface area contributed by atoms with E-state index in [0.717, 1.165) is 6.07 Å². The van der Waals surface area contributed by atoms with Crippen molar-refractivity contribution in [3.63, 3.8) is 0 Å². The highest BCUT2D eigenvalue weighted by Gasteiger charge is 2.48. The largest absolute Gasteiger partial charge is 0.465 e. The minimum absolute atomic E-state index is 0.0409. The molecule has 0 aliphatic carbocycles. The number of anilines is 1. The molecule has 128 valence electrons. The van der Waals surface area contributed by atoms with Crippen LogP contribution in [0.2, 0.25) is 0 Å². The van der Waals surface area contributed by atoms with Gasteiger partial charge in [-0.2, -0.15) is 0 Å². The Morgan fingerprint density at radius 2 is 2.13 bits per heavy atom. The molecule has 23 heavy (non-hydrogen) atoms. The van der Waals surface area contributed by atoms with Gasteiger partial charge < -0.3 is 15.8 Å². The highest BCUT2D eigenvalue weighted by atomic mass is 32.3. The maximum absolute atomic E-state index is 12.5. The summed E-state index contributed by atoms with van der Waals surface area (Å²) in [6, 6.07) is -0.801. The molecular weight excluding hydrogens is 370 g/mol. The van der Waals surface area contributed by atoms with Crippen LogP contribution < -0.4 is 16.2 Å². The summed E-state index contributed by atoms with van der Waals surface area (Å²) in [5.41, 5.74) is 5.33. The van der Waals surface area contributed by atoms with E-state index in [1.165, 1.54) is 6.92 Å². The van der Waals surface area contributed by atoms with Crippen LogP contribution >= 0.6 is 11.3 Å². The molecule has 0 saturated carbocycles. The molecule has 2 unspecified atom stereocenters. The highest BCUT2D eigenvalue weighted by Crippen LogP contribution is 2.39. The van der Waals surface area contributed by atoms with Gasteiger partial charge in [-0.25, -0.2) is 22.0 Å². The number of sulfone groups is 1. The Balaban J connectivity index is 2.54. The number of rotatable bonds is 4. The lowest BCUT2D eigenvalue weighted by Gasteiger charge is -2.25. The fourth-order valence-electron chi connectivity index (χ4n) is 1.97. The van der Waals surface area contributed by atoms with Gasteiger partial charge in [-0.05, 0) is 13.0 Å². The fraction of sp³-hybridized carbons (Fsp3) is 0.400. The van der Waals surface area contributed by atoms with Crippen molar-refractivity contribution in [3.05, 3.63) is 6.07 Å². The predicted molar refractivity (Wildman–Crippen MR) is 79.9 cm³/mol. The number of nitrogens with one attached hydrogen (secondary N) is 1. The first kappa shape index (κ1) is 17.8. The van der Waals surface area contributed by atoms with Crippen LogP contribution in [0.25, 0.3) is 0 Å². The fourth-order valence-corrected chi connectivity index (χ4v) is 6.23. The van der Waals surface area contributed by atoms with E-state index >= 15 is 0 Å². The molecule has 0 saturated heterocycles. The molecule has 2 atom stereocenters. The topological polar surface area (TPSA) is 176 Å². The number of hydrogen-bond acceptors (Lipinski definition) is 9. The second-order valence-electron chi connectivity index (χ2n) is 4.54. The van der Waals surface area contributed by atoms with Crippen LogP contribution in [0, 0.1) is 0 Å². The molecule has 1 aromatic rings. The number of ether oxygens (including phenoxy) is 1. The van der Waals surface area contributed by atoms with Crippen LogP contribution in [0.3, 0.4) is 0 Å². The van der Waals surface area contributed by atoms with Crippen molar-refractivity contribution >= 4 is 48.8 Å². The molecule has 5 N–H and O–H groups in total. The summed E-state index contributed by atoms with van der Waals surface area (Å²) in [6.07, 6.45) is 0. The van der Waals surface area contributed by atoms with Crippen molar-refractivity contribution in [1.82, 2.24) is 0 Å². The van der Waals surface area contributed by atoms with Crippen molar-refractivity contribution < 1.29 is 31.2 Å². The number of esters is 1. The summed E-state index contributed by atoms with van der Waals surface area (Å²) < 4.78 is 51.5. The summed E-state index contributed by atoms with van der Waals surface area (Å²) in [4.78, 5) is 23.7. The van der Waals surface area contributed by atoms with Gasteiger partial charge in [0.1, 0.15) is 14.5 Å². The predicted octanol–water partition coefficient (Wildman–Crippen LogP) is -1.62. The number of primary sulfonamides is 1. The summed E-state index contributed by atoms with van der Waals surface area (Å²) >= 11 is 0.374. The third-order valence-electron chi connectivity index (χ3n) is 2.95. The van der Waals surface area contributed by atoms with E-state index in [1.54, 1.807) is 0 Å². The lowest BCUT2D eigenvalue weighted by atomic mass is 10.2. The Kier molecular flexibility index (Phi) is 4.51. The highest BCUT2D eigenvalue weighted by molar-refractivity contribution is 7.96. The molecule has 2 rings (SSSR count). The molecule has 2 heterocycles. The van der Waals surface area contributed by atoms with Crippen LogP contribution in [0.5, 0.6) is 0 Å². The van der Waals surface area contributed by atoms with Crippen molar-refractivity contribution in [1.29, 1.82) is 0 Å². The zero-order valence-electron chi connectivity index (χ0n) is 11.7. The van der Waals surface area contributed by atoms with Crippen molar-refractivity contribution in [2.45, 2.75) is 26.6 Å². The van der Waals surface area contributed by atoms with Gasteiger partial charge in [0.05, 0.1) is 12.3 Å². The number of amides is 1. The summed E-state index contributed by atoms with van der Waals surface area (Å²) in [5.74, 6) is -2.10. The van der Waals surface area contributed by atoms with E-state index in [9.17, 15) is 26.4 Å². The first-order valence-corrected chi connectivity index (χ1v) is 10.0. The Morgan fingerprint density at radius 3 is 2.65 bits per heavy atom. The normalized spacial score (nSPS) is 21.2. The number of fused-ring (bicyclic) bond motifs is 1. The standard InChI is InChI=1S/C10H13N3O7S3/c1-2-20-9(15)6(11)7-8(14)13-4-3-5(23(12,18)19)21-10(4)22(7,16)17/h3,6-7H,2,11H2,1H3,(H,13,14)(H2,12,18,19). The van der Waals surface area contributed by atoms with Crippen LogP contribution in [0.4, 0.5) is 5.69 Å². The van der Waals surface area contributed by atoms with Crippen molar-refractivity contribution in [2.75, 3.05) is 11.9 Å². The maximum Gasteiger partial charge on any atom is 0.324 e. The SMILES string of the molecule is CCOC(=O)C(N)C1C(=O)Nc2cc(S(N)(=O)=O)sc2S1(=O)=O. The lowest BCUT2D eigenvalue weighted by molar-refractivity contribution is -0.145. The summed E-state index contributed by atoms with van der Waals surface area (Å²) in [5, 5.41) is 5.26. The second kappa shape index (κ2) is 5.83. The first-order valence-electron chi connectivity index (χ1n) is 6.13. The first-order chi connectivity index (χ1) is 10.5. The smallest absolute Gasteiger partial charge is 0.324 e. The van der Waals surface area contributed by atoms with Crippen LogP contribution in [-0.2, 0) is 34.2 Å². The molecule has 1 aliphatic rings. The number of thiophene rings is 1. The second-order valence-corrected chi connectivity index (χ2v) is 9.65.